The van der Waals surface area contributed by atoms with Crippen LogP contribution in [-0.4, -0.2) is 51.9 Å². The van der Waals surface area contributed by atoms with Gasteiger partial charge in [0.15, 0.2) is 11.6 Å². The lowest BCUT2D eigenvalue weighted by molar-refractivity contribution is -0.134. The van der Waals surface area contributed by atoms with E-state index in [0.717, 1.165) is 25.1 Å². The van der Waals surface area contributed by atoms with E-state index in [0.29, 0.717) is 25.2 Å². The minimum atomic E-state index is -0.925. The van der Waals surface area contributed by atoms with E-state index in [2.05, 4.69) is 15.6 Å². The molecule has 0 radical (unpaired) electrons. The Morgan fingerprint density at radius 1 is 1.32 bits per heavy atom. The van der Waals surface area contributed by atoms with Gasteiger partial charge in [0.2, 0.25) is 11.8 Å². The lowest BCUT2D eigenvalue weighted by Crippen LogP contribution is -2.56. The van der Waals surface area contributed by atoms with Crippen LogP contribution in [0.4, 0.5) is 8.78 Å². The molecule has 1 aromatic carbocycles. The number of imidazole rings is 1. The molecule has 0 unspecified atom stereocenters. The summed E-state index contributed by atoms with van der Waals surface area (Å²) in [6, 6.07) is 3.03. The zero-order chi connectivity index (χ0) is 19.9. The zero-order valence-corrected chi connectivity index (χ0v) is 15.4. The fourth-order valence-corrected chi connectivity index (χ4v) is 3.20. The molecular formula is C19H23F2N5O2. The van der Waals surface area contributed by atoms with E-state index in [1.165, 1.54) is 6.07 Å². The normalized spacial score (nSPS) is 17.4. The Balaban J connectivity index is 1.52. The highest BCUT2D eigenvalue weighted by atomic mass is 19.2. The van der Waals surface area contributed by atoms with E-state index in [1.807, 2.05) is 15.7 Å². The molecular weight excluding hydrogens is 368 g/mol. The predicted octanol–water partition coefficient (Wildman–Crippen LogP) is 1.06. The first-order valence-corrected chi connectivity index (χ1v) is 9.21. The van der Waals surface area contributed by atoms with E-state index < -0.39 is 17.7 Å². The van der Waals surface area contributed by atoms with Crippen LogP contribution in [0.15, 0.2) is 36.9 Å². The number of nitrogens with one attached hydrogen (secondary N) is 2. The summed E-state index contributed by atoms with van der Waals surface area (Å²) in [5, 5.41) is 5.58. The predicted molar refractivity (Wildman–Crippen MR) is 98.0 cm³/mol. The second-order valence-electron chi connectivity index (χ2n) is 6.73. The first kappa shape index (κ1) is 19.9. The molecule has 2 aromatic rings. The average molecular weight is 391 g/mol. The van der Waals surface area contributed by atoms with Crippen molar-refractivity contribution in [1.82, 2.24) is 25.1 Å². The molecule has 1 atom stereocenters. The Labute approximate surface area is 161 Å². The Morgan fingerprint density at radius 3 is 2.93 bits per heavy atom. The van der Waals surface area contributed by atoms with Crippen LogP contribution in [-0.2, 0) is 22.7 Å². The van der Waals surface area contributed by atoms with Crippen LogP contribution < -0.4 is 10.6 Å². The maximum absolute atomic E-state index is 13.4. The molecule has 0 saturated carbocycles. The third-order valence-corrected chi connectivity index (χ3v) is 4.66. The van der Waals surface area contributed by atoms with Gasteiger partial charge in [0.25, 0.3) is 0 Å². The van der Waals surface area contributed by atoms with Crippen molar-refractivity contribution in [2.75, 3.05) is 19.6 Å². The number of aromatic nitrogens is 2. The number of amides is 2. The summed E-state index contributed by atoms with van der Waals surface area (Å²) in [7, 11) is 0. The summed E-state index contributed by atoms with van der Waals surface area (Å²) in [4.78, 5) is 30.3. The van der Waals surface area contributed by atoms with E-state index in [4.69, 9.17) is 0 Å². The van der Waals surface area contributed by atoms with Crippen LogP contribution in [0, 0.1) is 11.6 Å². The molecule has 1 aliphatic heterocycles. The topological polar surface area (TPSA) is 79.3 Å². The average Bonchev–Trinajstić information content (AvgIpc) is 3.18. The highest BCUT2D eigenvalue weighted by Crippen LogP contribution is 2.16. The van der Waals surface area contributed by atoms with Gasteiger partial charge in [-0.25, -0.2) is 13.8 Å². The molecule has 9 heteroatoms. The van der Waals surface area contributed by atoms with Crippen molar-refractivity contribution in [2.45, 2.75) is 32.0 Å². The van der Waals surface area contributed by atoms with Gasteiger partial charge in [-0.05, 0) is 24.1 Å². The lowest BCUT2D eigenvalue weighted by atomic mass is 10.1. The van der Waals surface area contributed by atoms with Gasteiger partial charge >= 0.3 is 0 Å². The van der Waals surface area contributed by atoms with Crippen LogP contribution in [0.3, 0.4) is 0 Å². The SMILES string of the molecule is O=C(C[C@@H]1C(=O)NCCN1Cc1ccc(F)c(F)c1)NCCCn1ccnc1. The molecule has 1 saturated heterocycles. The standard InChI is InChI=1S/C19H23F2N5O2/c20-15-3-2-14(10-16(15)21)12-26-9-6-24-19(28)17(26)11-18(27)23-4-1-7-25-8-5-22-13-25/h2-3,5,8,10,13,17H,1,4,6-7,9,11-12H2,(H,23,27)(H,24,28)/t17-/m1/s1. The molecule has 2 N–H and O–H groups in total. The van der Waals surface area contributed by atoms with Crippen LogP contribution in [0.1, 0.15) is 18.4 Å². The Bertz CT molecular complexity index is 813. The lowest BCUT2D eigenvalue weighted by Gasteiger charge is -2.34. The van der Waals surface area contributed by atoms with Gasteiger partial charge in [-0.15, -0.1) is 0 Å². The Hall–Kier alpha value is -2.81. The van der Waals surface area contributed by atoms with E-state index in [1.54, 1.807) is 12.5 Å². The first-order valence-electron chi connectivity index (χ1n) is 9.21. The van der Waals surface area contributed by atoms with Crippen LogP contribution >= 0.6 is 0 Å². The van der Waals surface area contributed by atoms with E-state index >= 15 is 0 Å². The zero-order valence-electron chi connectivity index (χ0n) is 15.4. The smallest absolute Gasteiger partial charge is 0.237 e. The van der Waals surface area contributed by atoms with Crippen molar-refractivity contribution >= 4 is 11.8 Å². The number of carbonyl (C=O) groups is 2. The fourth-order valence-electron chi connectivity index (χ4n) is 3.20. The minimum Gasteiger partial charge on any atom is -0.356 e. The molecule has 2 heterocycles. The molecule has 0 aliphatic carbocycles. The molecule has 0 spiro atoms. The third kappa shape index (κ3) is 5.35. The number of hydrogen-bond donors (Lipinski definition) is 2. The van der Waals surface area contributed by atoms with Gasteiger partial charge in [-0.2, -0.15) is 0 Å². The summed E-state index contributed by atoms with van der Waals surface area (Å²) < 4.78 is 28.5. The number of hydrogen-bond acceptors (Lipinski definition) is 4. The molecule has 7 nitrogen and oxygen atoms in total. The summed E-state index contributed by atoms with van der Waals surface area (Å²) in [6.45, 7) is 2.49. The molecule has 28 heavy (non-hydrogen) atoms. The fraction of sp³-hybridized carbons (Fsp3) is 0.421. The van der Waals surface area contributed by atoms with Crippen LogP contribution in [0.5, 0.6) is 0 Å². The van der Waals surface area contributed by atoms with Crippen molar-refractivity contribution < 1.29 is 18.4 Å². The van der Waals surface area contributed by atoms with Crippen molar-refractivity contribution in [1.29, 1.82) is 0 Å². The number of aryl methyl sites for hydroxylation is 1. The first-order chi connectivity index (χ1) is 13.5. The number of piperazine rings is 1. The number of rotatable bonds is 8. The summed E-state index contributed by atoms with van der Waals surface area (Å²) >= 11 is 0. The monoisotopic (exact) mass is 391 g/mol. The molecule has 3 rings (SSSR count). The molecule has 1 aromatic heterocycles. The molecule has 1 aliphatic rings. The van der Waals surface area contributed by atoms with Gasteiger partial charge < -0.3 is 15.2 Å². The van der Waals surface area contributed by atoms with Crippen molar-refractivity contribution in [3.05, 3.63) is 54.1 Å². The van der Waals surface area contributed by atoms with Crippen LogP contribution in [0.25, 0.3) is 0 Å². The summed E-state index contributed by atoms with van der Waals surface area (Å²) in [6.07, 6.45) is 6.02. The maximum Gasteiger partial charge on any atom is 0.237 e. The largest absolute Gasteiger partial charge is 0.356 e. The van der Waals surface area contributed by atoms with Gasteiger partial charge in [0, 0.05) is 45.1 Å². The van der Waals surface area contributed by atoms with Gasteiger partial charge in [0.05, 0.1) is 18.8 Å². The summed E-state index contributed by atoms with van der Waals surface area (Å²) in [5.41, 5.74) is 0.555. The van der Waals surface area contributed by atoms with Crippen molar-refractivity contribution in [3.8, 4) is 0 Å². The highest BCUT2D eigenvalue weighted by molar-refractivity contribution is 5.88. The quantitative estimate of drug-likeness (QED) is 0.660. The van der Waals surface area contributed by atoms with Crippen molar-refractivity contribution in [2.24, 2.45) is 0 Å². The maximum atomic E-state index is 13.4. The number of nitrogens with zero attached hydrogens (tertiary/aromatic N) is 3. The van der Waals surface area contributed by atoms with Gasteiger partial charge in [0.1, 0.15) is 0 Å². The van der Waals surface area contributed by atoms with E-state index in [9.17, 15) is 18.4 Å². The van der Waals surface area contributed by atoms with Crippen molar-refractivity contribution in [3.63, 3.8) is 0 Å². The molecule has 1 fully saturated rings. The Morgan fingerprint density at radius 2 is 2.18 bits per heavy atom. The number of carbonyl (C=O) groups excluding carboxylic acids is 2. The molecule has 2 amide bonds. The third-order valence-electron chi connectivity index (χ3n) is 4.66. The second-order valence-corrected chi connectivity index (χ2v) is 6.73. The minimum absolute atomic E-state index is 0.0145. The van der Waals surface area contributed by atoms with Gasteiger partial charge in [-0.1, -0.05) is 6.07 Å². The summed E-state index contributed by atoms with van der Waals surface area (Å²) in [5.74, 6) is -2.29. The number of benzene rings is 1. The Kier molecular flexibility index (Phi) is 6.70. The molecule has 0 bridgehead atoms. The molecule has 150 valence electrons. The van der Waals surface area contributed by atoms with E-state index in [-0.39, 0.29) is 24.8 Å². The van der Waals surface area contributed by atoms with Gasteiger partial charge in [-0.3, -0.25) is 14.5 Å². The second kappa shape index (κ2) is 9.41. The van der Waals surface area contributed by atoms with Crippen LogP contribution in [0.2, 0.25) is 0 Å². The number of halogens is 2. The highest BCUT2D eigenvalue weighted by Gasteiger charge is 2.31.